The number of phenolic OH excluding ortho intramolecular Hbond substituents is 1. The number of rotatable bonds is 8. The Bertz CT molecular complexity index is 1380. The molecule has 172 valence electrons. The van der Waals surface area contributed by atoms with Crippen molar-refractivity contribution in [1.82, 2.24) is 30.7 Å². The Kier molecular flexibility index (Phi) is 6.11. The molecular formula is C20H18N10O4. The van der Waals surface area contributed by atoms with Gasteiger partial charge in [-0.15, -0.1) is 5.10 Å². The highest BCUT2D eigenvalue weighted by molar-refractivity contribution is 5.98. The van der Waals surface area contributed by atoms with E-state index in [0.29, 0.717) is 11.3 Å². The fraction of sp³-hybridized carbons (Fsp3) is 0.0500. The van der Waals surface area contributed by atoms with E-state index in [2.05, 4.69) is 41.1 Å². The fourth-order valence-corrected chi connectivity index (χ4v) is 3.00. The van der Waals surface area contributed by atoms with Crippen LogP contribution in [0.5, 0.6) is 5.75 Å². The highest BCUT2D eigenvalue weighted by Crippen LogP contribution is 2.19. The van der Waals surface area contributed by atoms with Gasteiger partial charge in [0.25, 0.3) is 11.8 Å². The molecule has 0 aliphatic heterocycles. The summed E-state index contributed by atoms with van der Waals surface area (Å²) in [6, 6.07) is 12.9. The van der Waals surface area contributed by atoms with Crippen molar-refractivity contribution in [1.29, 1.82) is 0 Å². The molecule has 0 spiro atoms. The molecule has 0 aliphatic rings. The number of hydrazone groups is 1. The molecule has 0 aliphatic carbocycles. The first kappa shape index (κ1) is 21.9. The van der Waals surface area contributed by atoms with Crippen LogP contribution in [0.3, 0.4) is 0 Å². The summed E-state index contributed by atoms with van der Waals surface area (Å²) in [5.41, 5.74) is 14.9. The lowest BCUT2D eigenvalue weighted by Gasteiger charge is -2.11. The molecule has 0 bridgehead atoms. The van der Waals surface area contributed by atoms with Gasteiger partial charge in [0.2, 0.25) is 11.6 Å². The lowest BCUT2D eigenvalue weighted by Crippen LogP contribution is -2.22. The number of aromatic hydroxyl groups is 1. The van der Waals surface area contributed by atoms with Crippen molar-refractivity contribution in [3.63, 3.8) is 0 Å². The summed E-state index contributed by atoms with van der Waals surface area (Å²) < 4.78 is 5.80. The normalized spacial score (nSPS) is 10.9. The van der Waals surface area contributed by atoms with E-state index in [4.69, 9.17) is 11.5 Å². The summed E-state index contributed by atoms with van der Waals surface area (Å²) in [5.74, 6) is -1.30. The number of hydrogen-bond donors (Lipinski definition) is 5. The number of carbonyl (C=O) groups excluding carboxylic acids is 2. The van der Waals surface area contributed by atoms with Crippen LogP contribution in [0.25, 0.3) is 5.82 Å². The minimum Gasteiger partial charge on any atom is -0.508 e. The Morgan fingerprint density at radius 2 is 2.00 bits per heavy atom. The second-order valence-corrected chi connectivity index (χ2v) is 6.83. The number of benzene rings is 2. The highest BCUT2D eigenvalue weighted by atomic mass is 16.6. The number of nitrogens with two attached hydrogens (primary N) is 2. The molecule has 0 atom stereocenters. The van der Waals surface area contributed by atoms with Crippen LogP contribution in [-0.2, 0) is 6.54 Å². The van der Waals surface area contributed by atoms with Gasteiger partial charge in [-0.3, -0.25) is 9.59 Å². The molecule has 7 N–H and O–H groups in total. The molecule has 2 amide bonds. The van der Waals surface area contributed by atoms with E-state index in [1.54, 1.807) is 36.4 Å². The zero-order valence-electron chi connectivity index (χ0n) is 17.4. The van der Waals surface area contributed by atoms with Crippen LogP contribution >= 0.6 is 0 Å². The Labute approximate surface area is 191 Å². The Hall–Kier alpha value is -5.27. The zero-order valence-corrected chi connectivity index (χ0v) is 17.4. The second kappa shape index (κ2) is 9.47. The minimum atomic E-state index is -0.683. The van der Waals surface area contributed by atoms with E-state index in [9.17, 15) is 14.7 Å². The van der Waals surface area contributed by atoms with Crippen molar-refractivity contribution in [2.75, 3.05) is 11.1 Å². The average molecular weight is 462 g/mol. The van der Waals surface area contributed by atoms with Crippen molar-refractivity contribution in [2.45, 2.75) is 6.54 Å². The summed E-state index contributed by atoms with van der Waals surface area (Å²) in [7, 11) is 0. The number of anilines is 2. The molecule has 0 radical (unpaired) electrons. The number of nitrogens with zero attached hydrogens (tertiary/aromatic N) is 6. The minimum absolute atomic E-state index is 0.0230. The number of primary amides is 1. The van der Waals surface area contributed by atoms with E-state index in [0.717, 1.165) is 0 Å². The van der Waals surface area contributed by atoms with Crippen LogP contribution < -0.4 is 22.2 Å². The number of para-hydroxylation sites is 1. The van der Waals surface area contributed by atoms with Crippen LogP contribution in [0, 0.1) is 0 Å². The van der Waals surface area contributed by atoms with Crippen molar-refractivity contribution >= 4 is 29.5 Å². The molecular weight excluding hydrogens is 444 g/mol. The predicted molar refractivity (Wildman–Crippen MR) is 119 cm³/mol. The molecule has 34 heavy (non-hydrogen) atoms. The van der Waals surface area contributed by atoms with Crippen molar-refractivity contribution in [3.05, 3.63) is 71.0 Å². The molecule has 4 rings (SSSR count). The Balaban J connectivity index is 1.61. The smallest absolute Gasteiger partial charge is 0.293 e. The molecule has 14 heteroatoms. The van der Waals surface area contributed by atoms with Gasteiger partial charge >= 0.3 is 0 Å². The number of hydrogen-bond acceptors (Lipinski definition) is 11. The van der Waals surface area contributed by atoms with E-state index in [-0.39, 0.29) is 40.9 Å². The largest absolute Gasteiger partial charge is 0.508 e. The molecule has 14 nitrogen and oxygen atoms in total. The first-order valence-corrected chi connectivity index (χ1v) is 9.72. The summed E-state index contributed by atoms with van der Waals surface area (Å²) in [4.78, 5) is 24.5. The summed E-state index contributed by atoms with van der Waals surface area (Å²) in [6.45, 7) is -0.0252. The lowest BCUT2D eigenvalue weighted by atomic mass is 10.1. The monoisotopic (exact) mass is 462 g/mol. The van der Waals surface area contributed by atoms with Gasteiger partial charge in [0.15, 0.2) is 5.69 Å². The van der Waals surface area contributed by atoms with Gasteiger partial charge in [-0.25, -0.2) is 10.1 Å². The topological polar surface area (TPSA) is 212 Å². The van der Waals surface area contributed by atoms with Crippen LogP contribution in [0.15, 0.2) is 58.3 Å². The summed E-state index contributed by atoms with van der Waals surface area (Å²) >= 11 is 0. The number of carbonyl (C=O) groups is 2. The molecule has 2 heterocycles. The Morgan fingerprint density at radius 1 is 1.18 bits per heavy atom. The van der Waals surface area contributed by atoms with Gasteiger partial charge in [0, 0.05) is 5.69 Å². The molecule has 0 saturated carbocycles. The quantitative estimate of drug-likeness (QED) is 0.180. The summed E-state index contributed by atoms with van der Waals surface area (Å²) in [5, 5.41) is 31.5. The lowest BCUT2D eigenvalue weighted by molar-refractivity contribution is 0.0947. The van der Waals surface area contributed by atoms with Crippen LogP contribution in [0.2, 0.25) is 0 Å². The van der Waals surface area contributed by atoms with Gasteiger partial charge in [0.1, 0.15) is 5.75 Å². The first-order valence-electron chi connectivity index (χ1n) is 9.72. The van der Waals surface area contributed by atoms with Crippen molar-refractivity contribution in [2.24, 2.45) is 10.8 Å². The van der Waals surface area contributed by atoms with Gasteiger partial charge < -0.3 is 21.9 Å². The average Bonchev–Trinajstić information content (AvgIpc) is 3.43. The van der Waals surface area contributed by atoms with Gasteiger partial charge in [-0.1, -0.05) is 29.5 Å². The predicted octanol–water partition coefficient (Wildman–Crippen LogP) is 0.413. The number of nitrogens with one attached hydrogen (secondary N) is 2. The maximum atomic E-state index is 12.8. The number of aromatic nitrogens is 5. The second-order valence-electron chi connectivity index (χ2n) is 6.83. The SMILES string of the molecule is NC(=O)c1ccccc1NCc1c(C(=O)NN=Cc2cccc(O)c2)nnn1-c1nonc1N. The molecule has 0 saturated heterocycles. The van der Waals surface area contributed by atoms with Crippen molar-refractivity contribution in [3.8, 4) is 11.6 Å². The third-order valence-corrected chi connectivity index (χ3v) is 4.56. The van der Waals surface area contributed by atoms with Crippen LogP contribution in [-0.4, -0.2) is 48.4 Å². The molecule has 2 aromatic heterocycles. The third kappa shape index (κ3) is 4.64. The van der Waals surface area contributed by atoms with Crippen LogP contribution in [0.1, 0.15) is 32.1 Å². The van der Waals surface area contributed by atoms with E-state index >= 15 is 0 Å². The van der Waals surface area contributed by atoms with Crippen molar-refractivity contribution < 1.29 is 19.3 Å². The zero-order chi connectivity index (χ0) is 24.1. The van der Waals surface area contributed by atoms with E-state index < -0.39 is 11.8 Å². The van der Waals surface area contributed by atoms with Crippen LogP contribution in [0.4, 0.5) is 11.5 Å². The number of amides is 2. The van der Waals surface area contributed by atoms with Gasteiger partial charge in [-0.2, -0.15) is 9.78 Å². The molecule has 0 fully saturated rings. The highest BCUT2D eigenvalue weighted by Gasteiger charge is 2.24. The standard InChI is InChI=1S/C20H18N10O4/c21-17-19(28-34-27-17)30-15(10-23-14-7-2-1-6-13(14)18(22)32)16(25-29-30)20(33)26-24-9-11-4-3-5-12(31)8-11/h1-9,23,31H,10H2,(H2,21,27)(H2,22,32)(H,26,33). The van der Waals surface area contributed by atoms with Gasteiger partial charge in [-0.05, 0) is 40.1 Å². The molecule has 2 aromatic carbocycles. The maximum Gasteiger partial charge on any atom is 0.293 e. The first-order chi connectivity index (χ1) is 16.4. The molecule has 4 aromatic rings. The fourth-order valence-electron chi connectivity index (χ4n) is 3.00. The van der Waals surface area contributed by atoms with E-state index in [1.165, 1.54) is 23.0 Å². The summed E-state index contributed by atoms with van der Waals surface area (Å²) in [6.07, 6.45) is 1.35. The number of nitrogen functional groups attached to an aromatic ring is 1. The third-order valence-electron chi connectivity index (χ3n) is 4.56. The maximum absolute atomic E-state index is 12.8. The molecule has 0 unspecified atom stereocenters. The van der Waals surface area contributed by atoms with E-state index in [1.807, 2.05) is 0 Å². The number of phenols is 1. The Morgan fingerprint density at radius 3 is 2.74 bits per heavy atom. The van der Waals surface area contributed by atoms with Gasteiger partial charge in [0.05, 0.1) is 24.0 Å².